The van der Waals surface area contributed by atoms with E-state index >= 15 is 0 Å². The fourth-order valence-electron chi connectivity index (χ4n) is 1.28. The van der Waals surface area contributed by atoms with Crippen molar-refractivity contribution in [2.45, 2.75) is 6.54 Å². The van der Waals surface area contributed by atoms with Gasteiger partial charge in [0, 0.05) is 6.07 Å². The van der Waals surface area contributed by atoms with Crippen molar-refractivity contribution in [3.63, 3.8) is 0 Å². The summed E-state index contributed by atoms with van der Waals surface area (Å²) < 4.78 is 6.69. The minimum atomic E-state index is -0.00969. The number of nitrogens with zero attached hydrogens (tertiary/aromatic N) is 2. The number of furan rings is 1. The molecule has 0 saturated carbocycles. The molecule has 0 fully saturated rings. The van der Waals surface area contributed by atoms with Gasteiger partial charge in [-0.25, -0.2) is 4.68 Å². The maximum absolute atomic E-state index is 8.77. The molecule has 0 aliphatic rings. The average Bonchev–Trinajstić information content (AvgIpc) is 2.75. The van der Waals surface area contributed by atoms with Gasteiger partial charge in [-0.3, -0.25) is 0 Å². The van der Waals surface area contributed by atoms with E-state index < -0.39 is 0 Å². The molecule has 0 bridgehead atoms. The Morgan fingerprint density at radius 2 is 2.33 bits per heavy atom. The van der Waals surface area contributed by atoms with Gasteiger partial charge in [0.1, 0.15) is 11.5 Å². The van der Waals surface area contributed by atoms with Crippen molar-refractivity contribution in [1.29, 1.82) is 0 Å². The number of aromatic nitrogens is 2. The first-order valence-corrected chi connectivity index (χ1v) is 4.78. The van der Waals surface area contributed by atoms with Crippen molar-refractivity contribution < 1.29 is 9.52 Å². The minimum Gasteiger partial charge on any atom is -0.443 e. The first-order chi connectivity index (χ1) is 7.20. The Hall–Kier alpha value is -1.46. The van der Waals surface area contributed by atoms with Crippen LogP contribution in [-0.2, 0) is 6.54 Å². The van der Waals surface area contributed by atoms with Gasteiger partial charge in [0.2, 0.25) is 0 Å². The maximum Gasteiger partial charge on any atom is 0.194 e. The highest BCUT2D eigenvalue weighted by Gasteiger charge is 2.10. The molecule has 2 heterocycles. The topological polar surface area (TPSA) is 77.2 Å². The molecule has 0 aliphatic heterocycles. The number of anilines is 1. The largest absolute Gasteiger partial charge is 0.443 e. The van der Waals surface area contributed by atoms with E-state index in [9.17, 15) is 0 Å². The van der Waals surface area contributed by atoms with E-state index in [1.165, 1.54) is 4.68 Å². The number of hydrogen-bond acceptors (Lipinski definition) is 4. The number of rotatable bonds is 3. The van der Waals surface area contributed by atoms with Crippen LogP contribution in [0.15, 0.2) is 22.6 Å². The van der Waals surface area contributed by atoms with Gasteiger partial charge in [-0.15, -0.1) is 0 Å². The van der Waals surface area contributed by atoms with Gasteiger partial charge in [-0.1, -0.05) is 0 Å². The van der Waals surface area contributed by atoms with Gasteiger partial charge in [0.05, 0.1) is 13.2 Å². The molecule has 80 valence electrons. The van der Waals surface area contributed by atoms with Crippen molar-refractivity contribution in [2.24, 2.45) is 0 Å². The third-order valence-electron chi connectivity index (χ3n) is 1.95. The van der Waals surface area contributed by atoms with E-state index in [-0.39, 0.29) is 6.61 Å². The Balaban J connectivity index is 2.33. The summed E-state index contributed by atoms with van der Waals surface area (Å²) in [6.45, 7) is 0.352. The smallest absolute Gasteiger partial charge is 0.194 e. The summed E-state index contributed by atoms with van der Waals surface area (Å²) in [5, 5.41) is 13.2. The van der Waals surface area contributed by atoms with Gasteiger partial charge >= 0.3 is 0 Å². The zero-order valence-corrected chi connectivity index (χ0v) is 8.61. The zero-order chi connectivity index (χ0) is 10.8. The van der Waals surface area contributed by atoms with Gasteiger partial charge in [0.25, 0.3) is 0 Å². The van der Waals surface area contributed by atoms with Crippen LogP contribution >= 0.6 is 11.6 Å². The minimum absolute atomic E-state index is 0.00969. The number of hydrogen-bond donors (Lipinski definition) is 2. The van der Waals surface area contributed by atoms with Crippen molar-refractivity contribution in [2.75, 3.05) is 12.3 Å². The Morgan fingerprint density at radius 1 is 1.53 bits per heavy atom. The highest BCUT2D eigenvalue weighted by molar-refractivity contribution is 6.28. The van der Waals surface area contributed by atoms with E-state index in [0.29, 0.717) is 29.0 Å². The monoisotopic (exact) mass is 227 g/mol. The standard InChI is InChI=1S/C9H10ClN3O2/c10-8-2-1-7(15-8)6-5-9(11)13(12-6)3-4-14/h1-2,5,14H,3-4,11H2. The lowest BCUT2D eigenvalue weighted by Crippen LogP contribution is -2.07. The lowest BCUT2D eigenvalue weighted by atomic mass is 10.3. The highest BCUT2D eigenvalue weighted by atomic mass is 35.5. The molecule has 2 aromatic heterocycles. The van der Waals surface area contributed by atoms with E-state index in [1.807, 2.05) is 0 Å². The molecule has 0 amide bonds. The molecule has 0 aromatic carbocycles. The maximum atomic E-state index is 8.77. The van der Waals surface area contributed by atoms with E-state index in [0.717, 1.165) is 0 Å². The Kier molecular flexibility index (Phi) is 2.66. The molecule has 0 unspecified atom stereocenters. The fourth-order valence-corrected chi connectivity index (χ4v) is 1.42. The van der Waals surface area contributed by atoms with Crippen LogP contribution in [-0.4, -0.2) is 21.5 Å². The molecule has 3 N–H and O–H groups in total. The first-order valence-electron chi connectivity index (χ1n) is 4.40. The van der Waals surface area contributed by atoms with Crippen LogP contribution in [0.1, 0.15) is 0 Å². The second kappa shape index (κ2) is 3.96. The second-order valence-electron chi connectivity index (χ2n) is 3.00. The molecule has 0 radical (unpaired) electrons. The highest BCUT2D eigenvalue weighted by Crippen LogP contribution is 2.24. The number of nitrogens with two attached hydrogens (primary N) is 1. The van der Waals surface area contributed by atoms with Crippen molar-refractivity contribution in [1.82, 2.24) is 9.78 Å². The van der Waals surface area contributed by atoms with Crippen LogP contribution in [0, 0.1) is 0 Å². The van der Waals surface area contributed by atoms with Crippen LogP contribution in [0.2, 0.25) is 5.22 Å². The molecule has 0 spiro atoms. The van der Waals surface area contributed by atoms with E-state index in [2.05, 4.69) is 5.10 Å². The Bertz CT molecular complexity index is 464. The number of nitrogen functional groups attached to an aromatic ring is 1. The molecule has 5 nitrogen and oxygen atoms in total. The van der Waals surface area contributed by atoms with Crippen LogP contribution in [0.25, 0.3) is 11.5 Å². The number of aliphatic hydroxyl groups excluding tert-OH is 1. The fraction of sp³-hybridized carbons (Fsp3) is 0.222. The molecule has 0 aliphatic carbocycles. The predicted molar refractivity (Wildman–Crippen MR) is 56.4 cm³/mol. The summed E-state index contributed by atoms with van der Waals surface area (Å²) in [7, 11) is 0. The van der Waals surface area contributed by atoms with Gasteiger partial charge < -0.3 is 15.3 Å². The van der Waals surface area contributed by atoms with E-state index in [1.54, 1.807) is 18.2 Å². The van der Waals surface area contributed by atoms with Crippen LogP contribution in [0.3, 0.4) is 0 Å². The van der Waals surface area contributed by atoms with Crippen LogP contribution in [0.4, 0.5) is 5.82 Å². The molecule has 0 atom stereocenters. The third-order valence-corrected chi connectivity index (χ3v) is 2.15. The summed E-state index contributed by atoms with van der Waals surface area (Å²) >= 11 is 5.65. The second-order valence-corrected chi connectivity index (χ2v) is 3.38. The lowest BCUT2D eigenvalue weighted by Gasteiger charge is -1.98. The van der Waals surface area contributed by atoms with Crippen molar-refractivity contribution in [3.8, 4) is 11.5 Å². The molecule has 15 heavy (non-hydrogen) atoms. The molecular weight excluding hydrogens is 218 g/mol. The van der Waals surface area contributed by atoms with E-state index in [4.69, 9.17) is 26.9 Å². The molecule has 2 rings (SSSR count). The summed E-state index contributed by atoms with van der Waals surface area (Å²) in [5.74, 6) is 1.04. The SMILES string of the molecule is Nc1cc(-c2ccc(Cl)o2)nn1CCO. The predicted octanol–water partition coefficient (Wildman–Crippen LogP) is 1.37. The Morgan fingerprint density at radius 3 is 2.93 bits per heavy atom. The number of aliphatic hydroxyl groups is 1. The first kappa shape index (κ1) is 10.1. The summed E-state index contributed by atoms with van der Waals surface area (Å²) in [5.41, 5.74) is 6.29. The van der Waals surface area contributed by atoms with Crippen LogP contribution in [0.5, 0.6) is 0 Å². The van der Waals surface area contributed by atoms with Crippen molar-refractivity contribution in [3.05, 3.63) is 23.4 Å². The van der Waals surface area contributed by atoms with Crippen LogP contribution < -0.4 is 5.73 Å². The van der Waals surface area contributed by atoms with Gasteiger partial charge in [0.15, 0.2) is 11.0 Å². The quantitative estimate of drug-likeness (QED) is 0.830. The Labute approximate surface area is 91.1 Å². The number of halogens is 1. The average molecular weight is 228 g/mol. The van der Waals surface area contributed by atoms with Crippen molar-refractivity contribution >= 4 is 17.4 Å². The summed E-state index contributed by atoms with van der Waals surface area (Å²) in [6.07, 6.45) is 0. The third kappa shape index (κ3) is 1.98. The summed E-state index contributed by atoms with van der Waals surface area (Å²) in [4.78, 5) is 0. The normalized spacial score (nSPS) is 10.8. The zero-order valence-electron chi connectivity index (χ0n) is 7.85. The molecular formula is C9H10ClN3O2. The molecule has 2 aromatic rings. The molecule has 0 saturated heterocycles. The van der Waals surface area contributed by atoms with Gasteiger partial charge in [-0.2, -0.15) is 5.10 Å². The summed E-state index contributed by atoms with van der Waals surface area (Å²) in [6, 6.07) is 5.02. The lowest BCUT2D eigenvalue weighted by molar-refractivity contribution is 0.270. The molecule has 6 heteroatoms. The van der Waals surface area contributed by atoms with Gasteiger partial charge in [-0.05, 0) is 23.7 Å².